The molecule has 1 heterocycles. The van der Waals surface area contributed by atoms with Crippen molar-refractivity contribution in [2.24, 2.45) is 7.05 Å². The van der Waals surface area contributed by atoms with Gasteiger partial charge in [-0.15, -0.1) is 0 Å². The molecule has 0 aliphatic heterocycles. The normalized spacial score (nSPS) is 11.0. The highest BCUT2D eigenvalue weighted by atomic mass is 16.6. The Bertz CT molecular complexity index is 563. The van der Waals surface area contributed by atoms with Gasteiger partial charge in [-0.25, -0.2) is 13.9 Å². The molecule has 0 radical (unpaired) electrons. The fourth-order valence-electron chi connectivity index (χ4n) is 2.24. The van der Waals surface area contributed by atoms with Gasteiger partial charge in [0, 0.05) is 13.0 Å². The number of esters is 1. The number of nitrogens with zero attached hydrogens (tertiary/aromatic N) is 2. The van der Waals surface area contributed by atoms with Crippen molar-refractivity contribution in [2.75, 3.05) is 72.7 Å². The first-order valence-electron chi connectivity index (χ1n) is 9.84. The number of hydrogen-bond donors (Lipinski definition) is 0. The zero-order chi connectivity index (χ0) is 21.2. The summed E-state index contributed by atoms with van der Waals surface area (Å²) in [5, 5.41) is 0. The molecule has 0 fully saturated rings. The van der Waals surface area contributed by atoms with Crippen LogP contribution in [-0.2, 0) is 46.8 Å². The lowest BCUT2D eigenvalue weighted by Crippen LogP contribution is -2.30. The van der Waals surface area contributed by atoms with Crippen molar-refractivity contribution in [2.45, 2.75) is 13.5 Å². The quantitative estimate of drug-likeness (QED) is 0.140. The predicted octanol–water partition coefficient (Wildman–Crippen LogP) is 0.433. The minimum absolute atomic E-state index is 0.213. The molecule has 0 atom stereocenters. The molecule has 9 nitrogen and oxygen atoms in total. The maximum Gasteiger partial charge on any atom is 0.330 e. The highest BCUT2D eigenvalue weighted by Gasteiger charge is 2.07. The van der Waals surface area contributed by atoms with Gasteiger partial charge in [0.2, 0.25) is 0 Å². The first kappa shape index (κ1) is 25.3. The molecule has 9 heteroatoms. The van der Waals surface area contributed by atoms with E-state index in [1.54, 1.807) is 0 Å². The standard InChI is InChI=1S/C20H35N2O7/c1-4-20(23)29-18-17-28-16-15-27-14-13-26-12-11-25-10-9-24-8-7-22-6-5-21(3)19(22)2/h4-6H,1,7-18H2,2-3H3/q+1. The Morgan fingerprint density at radius 2 is 1.34 bits per heavy atom. The molecule has 1 aromatic heterocycles. The first-order valence-corrected chi connectivity index (χ1v) is 9.84. The van der Waals surface area contributed by atoms with E-state index < -0.39 is 5.97 Å². The molecular weight excluding hydrogens is 380 g/mol. The third-order valence-electron chi connectivity index (χ3n) is 4.00. The summed E-state index contributed by atoms with van der Waals surface area (Å²) in [4.78, 5) is 10.8. The van der Waals surface area contributed by atoms with Crippen LogP contribution in [0.1, 0.15) is 5.82 Å². The summed E-state index contributed by atoms with van der Waals surface area (Å²) in [7, 11) is 2.03. The van der Waals surface area contributed by atoms with Crippen LogP contribution in [0.4, 0.5) is 0 Å². The van der Waals surface area contributed by atoms with Crippen LogP contribution >= 0.6 is 0 Å². The second-order valence-corrected chi connectivity index (χ2v) is 6.08. The number of rotatable bonds is 19. The van der Waals surface area contributed by atoms with Gasteiger partial charge in [0.25, 0.3) is 5.82 Å². The van der Waals surface area contributed by atoms with Crippen LogP contribution in [0.2, 0.25) is 0 Å². The Hall–Kier alpha value is -1.78. The minimum Gasteiger partial charge on any atom is -0.460 e. The number of aryl methyl sites for hydroxylation is 1. The molecule has 0 aliphatic carbocycles. The highest BCUT2D eigenvalue weighted by molar-refractivity contribution is 5.81. The second kappa shape index (κ2) is 17.1. The van der Waals surface area contributed by atoms with Gasteiger partial charge in [0.15, 0.2) is 0 Å². The van der Waals surface area contributed by atoms with Crippen molar-refractivity contribution in [3.8, 4) is 0 Å². The summed E-state index contributed by atoms with van der Waals surface area (Å²) in [6.45, 7) is 11.5. The smallest absolute Gasteiger partial charge is 0.330 e. The van der Waals surface area contributed by atoms with Crippen molar-refractivity contribution in [1.82, 2.24) is 4.57 Å². The molecule has 0 bridgehead atoms. The molecule has 1 aromatic rings. The SMILES string of the molecule is C=CC(=O)OCCOCCOCCOCCOCCOCCn1cc[n+](C)c1C. The van der Waals surface area contributed by atoms with Crippen LogP contribution in [-0.4, -0.2) is 83.2 Å². The second-order valence-electron chi connectivity index (χ2n) is 6.08. The predicted molar refractivity (Wildman–Crippen MR) is 106 cm³/mol. The van der Waals surface area contributed by atoms with Crippen molar-refractivity contribution < 1.29 is 37.8 Å². The summed E-state index contributed by atoms with van der Waals surface area (Å²) in [6.07, 6.45) is 5.20. The van der Waals surface area contributed by atoms with Crippen LogP contribution in [0.5, 0.6) is 0 Å². The largest absolute Gasteiger partial charge is 0.460 e. The van der Waals surface area contributed by atoms with Crippen LogP contribution in [0.15, 0.2) is 25.0 Å². The maximum atomic E-state index is 10.8. The Morgan fingerprint density at radius 3 is 1.76 bits per heavy atom. The zero-order valence-electron chi connectivity index (χ0n) is 17.7. The maximum absolute atomic E-state index is 10.8. The number of aromatic nitrogens is 2. The number of carbonyl (C=O) groups excluding carboxylic acids is 1. The summed E-state index contributed by atoms with van der Waals surface area (Å²) < 4.78 is 36.1. The van der Waals surface area contributed by atoms with E-state index in [9.17, 15) is 4.79 Å². The average molecular weight is 416 g/mol. The van der Waals surface area contributed by atoms with Crippen LogP contribution in [0.25, 0.3) is 0 Å². The molecule has 0 spiro atoms. The molecule has 166 valence electrons. The van der Waals surface area contributed by atoms with Gasteiger partial charge in [-0.05, 0) is 0 Å². The van der Waals surface area contributed by atoms with Gasteiger partial charge >= 0.3 is 5.97 Å². The summed E-state index contributed by atoms with van der Waals surface area (Å²) in [6, 6.07) is 0. The van der Waals surface area contributed by atoms with E-state index in [1.807, 2.05) is 19.4 Å². The third-order valence-corrected chi connectivity index (χ3v) is 4.00. The number of hydrogen-bond acceptors (Lipinski definition) is 7. The topological polar surface area (TPSA) is 81.3 Å². The molecule has 0 aliphatic rings. The molecule has 0 amide bonds. The van der Waals surface area contributed by atoms with E-state index in [2.05, 4.69) is 22.6 Å². The lowest BCUT2D eigenvalue weighted by atomic mass is 10.6. The molecular formula is C20H35N2O7+. The summed E-state index contributed by atoms with van der Waals surface area (Å²) >= 11 is 0. The number of imidazole rings is 1. The van der Waals surface area contributed by atoms with Crippen molar-refractivity contribution in [3.63, 3.8) is 0 Å². The van der Waals surface area contributed by atoms with Crippen molar-refractivity contribution in [1.29, 1.82) is 0 Å². The molecule has 0 aromatic carbocycles. The molecule has 0 saturated carbocycles. The van der Waals surface area contributed by atoms with Gasteiger partial charge in [-0.1, -0.05) is 6.58 Å². The van der Waals surface area contributed by atoms with Gasteiger partial charge < -0.3 is 28.4 Å². The van der Waals surface area contributed by atoms with E-state index >= 15 is 0 Å². The Balaban J connectivity index is 1.73. The lowest BCUT2D eigenvalue weighted by molar-refractivity contribution is -0.677. The van der Waals surface area contributed by atoms with E-state index in [0.717, 1.165) is 12.6 Å². The summed E-state index contributed by atoms with van der Waals surface area (Å²) in [5.74, 6) is 0.751. The van der Waals surface area contributed by atoms with E-state index in [4.69, 9.17) is 28.4 Å². The molecule has 0 N–H and O–H groups in total. The Morgan fingerprint density at radius 1 is 0.897 bits per heavy atom. The fraction of sp³-hybridized carbons (Fsp3) is 0.700. The molecule has 0 unspecified atom stereocenters. The van der Waals surface area contributed by atoms with Crippen molar-refractivity contribution >= 4 is 5.97 Å². The molecule has 1 rings (SSSR count). The van der Waals surface area contributed by atoms with Gasteiger partial charge in [0.1, 0.15) is 25.5 Å². The van der Waals surface area contributed by atoms with E-state index in [-0.39, 0.29) is 6.61 Å². The minimum atomic E-state index is -0.448. The molecule has 0 saturated heterocycles. The van der Waals surface area contributed by atoms with Gasteiger partial charge in [0.05, 0.1) is 73.1 Å². The van der Waals surface area contributed by atoms with Gasteiger partial charge in [-0.3, -0.25) is 0 Å². The third kappa shape index (κ3) is 13.1. The Labute approximate surface area is 173 Å². The Kier molecular flexibility index (Phi) is 14.9. The van der Waals surface area contributed by atoms with Crippen LogP contribution in [0.3, 0.4) is 0 Å². The number of carbonyl (C=O) groups is 1. The fourth-order valence-corrected chi connectivity index (χ4v) is 2.24. The van der Waals surface area contributed by atoms with Crippen LogP contribution in [0, 0.1) is 6.92 Å². The summed E-state index contributed by atoms with van der Waals surface area (Å²) in [5.41, 5.74) is 0. The van der Waals surface area contributed by atoms with E-state index in [1.165, 1.54) is 5.82 Å². The van der Waals surface area contributed by atoms with E-state index in [0.29, 0.717) is 66.1 Å². The average Bonchev–Trinajstić information content (AvgIpc) is 3.04. The number of ether oxygens (including phenoxy) is 6. The first-order chi connectivity index (χ1) is 14.1. The highest BCUT2D eigenvalue weighted by Crippen LogP contribution is 1.93. The zero-order valence-corrected chi connectivity index (χ0v) is 17.7. The van der Waals surface area contributed by atoms with Crippen LogP contribution < -0.4 is 4.57 Å². The monoisotopic (exact) mass is 415 g/mol. The van der Waals surface area contributed by atoms with Gasteiger partial charge in [-0.2, -0.15) is 0 Å². The molecule has 29 heavy (non-hydrogen) atoms. The lowest BCUT2D eigenvalue weighted by Gasteiger charge is -2.08. The van der Waals surface area contributed by atoms with Crippen molar-refractivity contribution in [3.05, 3.63) is 30.9 Å².